The number of amides is 2. The summed E-state index contributed by atoms with van der Waals surface area (Å²) in [7, 11) is -3.71. The molecule has 1 N–H and O–H groups in total. The molecule has 0 unspecified atom stereocenters. The van der Waals surface area contributed by atoms with Crippen molar-refractivity contribution in [2.45, 2.75) is 58.7 Å². The summed E-state index contributed by atoms with van der Waals surface area (Å²) in [5.74, 6) is -1.04. The van der Waals surface area contributed by atoms with Crippen LogP contribution in [0, 0.1) is 5.82 Å². The molecule has 2 aromatic rings. The third-order valence-corrected chi connectivity index (χ3v) is 7.50. The fourth-order valence-electron chi connectivity index (χ4n) is 3.49. The van der Waals surface area contributed by atoms with E-state index >= 15 is 0 Å². The van der Waals surface area contributed by atoms with Crippen LogP contribution in [0.5, 0.6) is 0 Å². The van der Waals surface area contributed by atoms with Crippen molar-refractivity contribution in [2.75, 3.05) is 17.1 Å². The molecule has 0 bridgehead atoms. The number of halogens is 3. The van der Waals surface area contributed by atoms with Gasteiger partial charge in [0.25, 0.3) is 0 Å². The van der Waals surface area contributed by atoms with Gasteiger partial charge in [0.05, 0.1) is 17.0 Å². The summed E-state index contributed by atoms with van der Waals surface area (Å²) in [6.45, 7) is 5.54. The van der Waals surface area contributed by atoms with Crippen molar-refractivity contribution < 1.29 is 22.4 Å². The van der Waals surface area contributed by atoms with Crippen LogP contribution in [0.15, 0.2) is 42.5 Å². The smallest absolute Gasteiger partial charge is 0.242 e. The number of carbonyl (C=O) groups is 2. The summed E-state index contributed by atoms with van der Waals surface area (Å²) in [4.78, 5) is 27.5. The van der Waals surface area contributed by atoms with Crippen LogP contribution in [0.2, 0.25) is 10.0 Å². The Morgan fingerprint density at radius 2 is 1.72 bits per heavy atom. The second-order valence-corrected chi connectivity index (χ2v) is 11.4. The number of carbonyl (C=O) groups excluding carboxylic acids is 2. The van der Waals surface area contributed by atoms with E-state index in [1.807, 2.05) is 13.8 Å². The highest BCUT2D eigenvalue weighted by Crippen LogP contribution is 2.31. The summed E-state index contributed by atoms with van der Waals surface area (Å²) in [6, 6.07) is 9.36. The zero-order valence-corrected chi connectivity index (χ0v) is 23.1. The van der Waals surface area contributed by atoms with E-state index in [1.165, 1.54) is 29.2 Å². The molecule has 2 rings (SSSR count). The van der Waals surface area contributed by atoms with Crippen molar-refractivity contribution in [2.24, 2.45) is 0 Å². The number of anilines is 1. The van der Waals surface area contributed by atoms with Crippen LogP contribution in [0.3, 0.4) is 0 Å². The maximum atomic E-state index is 13.4. The Morgan fingerprint density at radius 3 is 2.31 bits per heavy atom. The molecule has 0 aliphatic carbocycles. The lowest BCUT2D eigenvalue weighted by Crippen LogP contribution is -2.49. The molecule has 0 aromatic heterocycles. The summed E-state index contributed by atoms with van der Waals surface area (Å²) >= 11 is 12.2. The highest BCUT2D eigenvalue weighted by atomic mass is 35.5. The van der Waals surface area contributed by atoms with Gasteiger partial charge in [0.2, 0.25) is 21.8 Å². The van der Waals surface area contributed by atoms with Crippen LogP contribution in [-0.4, -0.2) is 50.0 Å². The molecule has 0 aliphatic heterocycles. The molecule has 2 atom stereocenters. The fraction of sp³-hybridized carbons (Fsp3) is 0.440. The van der Waals surface area contributed by atoms with Crippen LogP contribution in [0.1, 0.15) is 45.6 Å². The molecule has 0 spiro atoms. The minimum atomic E-state index is -3.71. The molecule has 0 saturated carbocycles. The zero-order chi connectivity index (χ0) is 27.0. The predicted octanol–water partition coefficient (Wildman–Crippen LogP) is 5.01. The fourth-order valence-corrected chi connectivity index (χ4v) is 4.90. The maximum Gasteiger partial charge on any atom is 0.242 e. The number of nitrogens with zero attached hydrogens (tertiary/aromatic N) is 2. The lowest BCUT2D eigenvalue weighted by molar-refractivity contribution is -0.140. The minimum Gasteiger partial charge on any atom is -0.352 e. The molecule has 0 radical (unpaired) electrons. The van der Waals surface area contributed by atoms with E-state index in [4.69, 9.17) is 23.2 Å². The monoisotopic (exact) mass is 559 g/mol. The molecule has 0 aliphatic rings. The number of nitrogens with one attached hydrogen (secondary N) is 1. The van der Waals surface area contributed by atoms with Crippen molar-refractivity contribution in [1.82, 2.24) is 10.2 Å². The zero-order valence-electron chi connectivity index (χ0n) is 20.8. The number of rotatable bonds is 12. The van der Waals surface area contributed by atoms with Gasteiger partial charge in [-0.15, -0.1) is 0 Å². The normalized spacial score (nSPS) is 13.1. The summed E-state index contributed by atoms with van der Waals surface area (Å²) in [6.07, 6.45) is 1.94. The largest absolute Gasteiger partial charge is 0.352 e. The third kappa shape index (κ3) is 8.64. The molecule has 0 saturated heterocycles. The van der Waals surface area contributed by atoms with Crippen LogP contribution < -0.4 is 9.62 Å². The SMILES string of the molecule is CC[C@@H](C)NC(=O)[C@@H](C)N(Cc1ccc(F)cc1)C(=O)CCCN(c1cc(Cl)ccc1Cl)S(C)(=O)=O. The summed E-state index contributed by atoms with van der Waals surface area (Å²) in [5.41, 5.74) is 0.889. The van der Waals surface area contributed by atoms with Crippen molar-refractivity contribution >= 4 is 50.7 Å². The van der Waals surface area contributed by atoms with Gasteiger partial charge in [-0.05, 0) is 62.6 Å². The summed E-state index contributed by atoms with van der Waals surface area (Å²) < 4.78 is 39.4. The number of benzene rings is 2. The lowest BCUT2D eigenvalue weighted by Gasteiger charge is -2.30. The van der Waals surface area contributed by atoms with Gasteiger partial charge in [-0.2, -0.15) is 0 Å². The molecule has 2 aromatic carbocycles. The molecule has 198 valence electrons. The molecule has 11 heteroatoms. The molecular weight excluding hydrogens is 528 g/mol. The van der Waals surface area contributed by atoms with Crippen LogP contribution in [-0.2, 0) is 26.2 Å². The Labute approximate surface area is 222 Å². The van der Waals surface area contributed by atoms with E-state index < -0.39 is 21.9 Å². The van der Waals surface area contributed by atoms with Gasteiger partial charge >= 0.3 is 0 Å². The van der Waals surface area contributed by atoms with Crippen molar-refractivity contribution in [3.63, 3.8) is 0 Å². The van der Waals surface area contributed by atoms with Crippen molar-refractivity contribution in [3.05, 3.63) is 63.9 Å². The van der Waals surface area contributed by atoms with E-state index in [9.17, 15) is 22.4 Å². The Hall–Kier alpha value is -2.36. The van der Waals surface area contributed by atoms with E-state index in [2.05, 4.69) is 5.32 Å². The third-order valence-electron chi connectivity index (χ3n) is 5.76. The van der Waals surface area contributed by atoms with Gasteiger partial charge in [-0.3, -0.25) is 13.9 Å². The highest BCUT2D eigenvalue weighted by Gasteiger charge is 2.27. The first kappa shape index (κ1) is 29.9. The lowest BCUT2D eigenvalue weighted by atomic mass is 10.1. The van der Waals surface area contributed by atoms with Crippen LogP contribution in [0.25, 0.3) is 0 Å². The first-order valence-corrected chi connectivity index (χ1v) is 14.2. The number of sulfonamides is 1. The molecule has 2 amide bonds. The van der Waals surface area contributed by atoms with E-state index in [0.717, 1.165) is 17.0 Å². The van der Waals surface area contributed by atoms with E-state index in [0.29, 0.717) is 10.6 Å². The van der Waals surface area contributed by atoms with Gasteiger partial charge in [0.15, 0.2) is 0 Å². The van der Waals surface area contributed by atoms with Gasteiger partial charge < -0.3 is 10.2 Å². The second-order valence-electron chi connectivity index (χ2n) is 8.68. The van der Waals surface area contributed by atoms with Crippen LogP contribution in [0.4, 0.5) is 10.1 Å². The quantitative estimate of drug-likeness (QED) is 0.396. The molecular formula is C25H32Cl2FN3O4S. The van der Waals surface area contributed by atoms with Crippen LogP contribution >= 0.6 is 23.2 Å². The van der Waals surface area contributed by atoms with Gasteiger partial charge in [0.1, 0.15) is 11.9 Å². The summed E-state index contributed by atoms with van der Waals surface area (Å²) in [5, 5.41) is 3.42. The Bertz CT molecular complexity index is 1160. The average Bonchev–Trinajstić information content (AvgIpc) is 2.81. The van der Waals surface area contributed by atoms with Gasteiger partial charge in [0, 0.05) is 30.6 Å². The van der Waals surface area contributed by atoms with E-state index in [-0.39, 0.29) is 54.5 Å². The minimum absolute atomic E-state index is 0.0114. The second kappa shape index (κ2) is 13.3. The Morgan fingerprint density at radius 1 is 1.08 bits per heavy atom. The van der Waals surface area contributed by atoms with E-state index in [1.54, 1.807) is 25.1 Å². The standard InChI is InChI=1S/C25H32Cl2FN3O4S/c1-5-17(2)29-25(33)18(3)30(16-19-8-11-21(28)12-9-19)24(32)7-6-14-31(36(4,34)35)23-15-20(26)10-13-22(23)27/h8-13,15,17-18H,5-7,14,16H2,1-4H3,(H,29,33)/t17-,18-/m1/s1. The number of hydrogen-bond donors (Lipinski definition) is 1. The van der Waals surface area contributed by atoms with Gasteiger partial charge in [-0.1, -0.05) is 42.3 Å². The average molecular weight is 561 g/mol. The molecule has 0 fully saturated rings. The first-order valence-electron chi connectivity index (χ1n) is 11.6. The topological polar surface area (TPSA) is 86.8 Å². The predicted molar refractivity (Wildman–Crippen MR) is 142 cm³/mol. The van der Waals surface area contributed by atoms with Crippen molar-refractivity contribution in [1.29, 1.82) is 0 Å². The van der Waals surface area contributed by atoms with Crippen molar-refractivity contribution in [3.8, 4) is 0 Å². The Balaban J connectivity index is 2.20. The maximum absolute atomic E-state index is 13.4. The molecule has 7 nitrogen and oxygen atoms in total. The van der Waals surface area contributed by atoms with Gasteiger partial charge in [-0.25, -0.2) is 12.8 Å². The molecule has 0 heterocycles. The molecule has 36 heavy (non-hydrogen) atoms. The Kier molecular flexibility index (Phi) is 11.0. The first-order chi connectivity index (χ1) is 16.8. The number of hydrogen-bond acceptors (Lipinski definition) is 4. The highest BCUT2D eigenvalue weighted by molar-refractivity contribution is 7.92.